The molecule has 0 amide bonds. The molecule has 1 unspecified atom stereocenters. The molecule has 2 nitrogen and oxygen atoms in total. The van der Waals surface area contributed by atoms with Crippen LogP contribution in [0.5, 0.6) is 0 Å². The molecule has 1 aromatic heterocycles. The number of nitrogens with two attached hydrogens (primary N) is 1. The normalized spacial score (nSPS) is 13.1. The molecule has 80 valence electrons. The number of thiophene rings is 1. The summed E-state index contributed by atoms with van der Waals surface area (Å²) >= 11 is 7.40. The lowest BCUT2D eigenvalue weighted by Crippen LogP contribution is -2.28. The van der Waals surface area contributed by atoms with Crippen LogP contribution in [0.15, 0.2) is 12.1 Å². The quantitative estimate of drug-likeness (QED) is 0.767. The highest BCUT2D eigenvalue weighted by atomic mass is 35.5. The van der Waals surface area contributed by atoms with Crippen molar-refractivity contribution in [3.05, 3.63) is 21.3 Å². The van der Waals surface area contributed by atoms with E-state index in [0.717, 1.165) is 23.8 Å². The third kappa shape index (κ3) is 4.42. The van der Waals surface area contributed by atoms with E-state index in [2.05, 4.69) is 6.92 Å². The van der Waals surface area contributed by atoms with Gasteiger partial charge in [-0.25, -0.2) is 0 Å². The van der Waals surface area contributed by atoms with Crippen LogP contribution in [-0.2, 0) is 11.2 Å². The Labute approximate surface area is 94.0 Å². The summed E-state index contributed by atoms with van der Waals surface area (Å²) in [5.41, 5.74) is 5.89. The molecule has 0 aliphatic heterocycles. The molecule has 1 rings (SSSR count). The highest BCUT2D eigenvalue weighted by Crippen LogP contribution is 2.22. The van der Waals surface area contributed by atoms with Gasteiger partial charge in [0.2, 0.25) is 0 Å². The first-order chi connectivity index (χ1) is 6.72. The van der Waals surface area contributed by atoms with Crippen molar-refractivity contribution in [2.24, 2.45) is 5.73 Å². The standard InChI is InChI=1S/C10H16ClNOS/c1-2-5-13-7-8(12)6-9-3-4-10(11)14-9/h3-4,8H,2,5-7,12H2,1H3. The van der Waals surface area contributed by atoms with Gasteiger partial charge in [0.25, 0.3) is 0 Å². The van der Waals surface area contributed by atoms with Gasteiger partial charge in [0, 0.05) is 17.5 Å². The van der Waals surface area contributed by atoms with E-state index in [1.54, 1.807) is 11.3 Å². The Bertz CT molecular complexity index is 264. The lowest BCUT2D eigenvalue weighted by molar-refractivity contribution is 0.121. The monoisotopic (exact) mass is 233 g/mol. The van der Waals surface area contributed by atoms with E-state index in [4.69, 9.17) is 22.1 Å². The van der Waals surface area contributed by atoms with Crippen molar-refractivity contribution in [1.29, 1.82) is 0 Å². The number of hydrogen-bond donors (Lipinski definition) is 1. The molecule has 0 bridgehead atoms. The molecule has 0 fully saturated rings. The zero-order chi connectivity index (χ0) is 10.4. The van der Waals surface area contributed by atoms with Crippen molar-refractivity contribution in [1.82, 2.24) is 0 Å². The lowest BCUT2D eigenvalue weighted by Gasteiger charge is -2.10. The molecule has 1 atom stereocenters. The van der Waals surface area contributed by atoms with E-state index < -0.39 is 0 Å². The molecule has 1 aromatic rings. The maximum atomic E-state index is 5.89. The Morgan fingerprint density at radius 2 is 2.36 bits per heavy atom. The van der Waals surface area contributed by atoms with Gasteiger partial charge in [0.15, 0.2) is 0 Å². The fourth-order valence-electron chi connectivity index (χ4n) is 1.16. The van der Waals surface area contributed by atoms with Gasteiger partial charge in [0.05, 0.1) is 10.9 Å². The third-order valence-electron chi connectivity index (χ3n) is 1.77. The summed E-state index contributed by atoms with van der Waals surface area (Å²) < 4.78 is 6.19. The Balaban J connectivity index is 2.23. The van der Waals surface area contributed by atoms with E-state index in [1.807, 2.05) is 12.1 Å². The van der Waals surface area contributed by atoms with Crippen LogP contribution in [0.1, 0.15) is 18.2 Å². The first kappa shape index (κ1) is 12.0. The predicted molar refractivity (Wildman–Crippen MR) is 62.1 cm³/mol. The van der Waals surface area contributed by atoms with Gasteiger partial charge in [-0.2, -0.15) is 0 Å². The summed E-state index contributed by atoms with van der Waals surface area (Å²) in [7, 11) is 0. The minimum atomic E-state index is 0.0799. The van der Waals surface area contributed by atoms with E-state index in [1.165, 1.54) is 4.88 Å². The van der Waals surface area contributed by atoms with Gasteiger partial charge in [0.1, 0.15) is 0 Å². The van der Waals surface area contributed by atoms with Gasteiger partial charge in [-0.1, -0.05) is 18.5 Å². The van der Waals surface area contributed by atoms with Crippen molar-refractivity contribution >= 4 is 22.9 Å². The third-order valence-corrected chi connectivity index (χ3v) is 3.03. The summed E-state index contributed by atoms with van der Waals surface area (Å²) in [6, 6.07) is 4.00. The van der Waals surface area contributed by atoms with Crippen LogP contribution in [0.3, 0.4) is 0 Å². The van der Waals surface area contributed by atoms with Crippen LogP contribution >= 0.6 is 22.9 Å². The summed E-state index contributed by atoms with van der Waals surface area (Å²) in [4.78, 5) is 1.22. The SMILES string of the molecule is CCCOCC(N)Cc1ccc(Cl)s1. The highest BCUT2D eigenvalue weighted by molar-refractivity contribution is 7.16. The van der Waals surface area contributed by atoms with Crippen LogP contribution in [0, 0.1) is 0 Å². The average Bonchev–Trinajstić information content (AvgIpc) is 2.52. The lowest BCUT2D eigenvalue weighted by atomic mass is 10.2. The zero-order valence-electron chi connectivity index (χ0n) is 8.33. The molecule has 0 aromatic carbocycles. The Morgan fingerprint density at radius 1 is 1.57 bits per heavy atom. The maximum Gasteiger partial charge on any atom is 0.0931 e. The molecular formula is C10H16ClNOS. The summed E-state index contributed by atoms with van der Waals surface area (Å²) in [5, 5.41) is 0. The Kier molecular flexibility index (Phi) is 5.48. The van der Waals surface area contributed by atoms with Gasteiger partial charge in [-0.05, 0) is 25.0 Å². The van der Waals surface area contributed by atoms with Gasteiger partial charge < -0.3 is 10.5 Å². The van der Waals surface area contributed by atoms with Crippen LogP contribution in [0.4, 0.5) is 0 Å². The molecular weight excluding hydrogens is 218 g/mol. The second-order valence-electron chi connectivity index (χ2n) is 3.24. The second kappa shape index (κ2) is 6.40. The molecule has 0 saturated heterocycles. The van der Waals surface area contributed by atoms with Crippen LogP contribution < -0.4 is 5.73 Å². The summed E-state index contributed by atoms with van der Waals surface area (Å²) in [5.74, 6) is 0. The van der Waals surface area contributed by atoms with Crippen molar-refractivity contribution in [2.75, 3.05) is 13.2 Å². The van der Waals surface area contributed by atoms with Crippen molar-refractivity contribution < 1.29 is 4.74 Å². The van der Waals surface area contributed by atoms with Crippen LogP contribution in [0.25, 0.3) is 0 Å². The highest BCUT2D eigenvalue weighted by Gasteiger charge is 2.06. The Morgan fingerprint density at radius 3 is 2.93 bits per heavy atom. The second-order valence-corrected chi connectivity index (χ2v) is 5.04. The minimum absolute atomic E-state index is 0.0799. The summed E-state index contributed by atoms with van der Waals surface area (Å²) in [6.07, 6.45) is 1.89. The van der Waals surface area contributed by atoms with Gasteiger partial charge in [-0.3, -0.25) is 0 Å². The van der Waals surface area contributed by atoms with Crippen molar-refractivity contribution in [3.8, 4) is 0 Å². The minimum Gasteiger partial charge on any atom is -0.380 e. The molecule has 0 spiro atoms. The average molecular weight is 234 g/mol. The van der Waals surface area contributed by atoms with Crippen LogP contribution in [-0.4, -0.2) is 19.3 Å². The smallest absolute Gasteiger partial charge is 0.0931 e. The van der Waals surface area contributed by atoms with E-state index in [9.17, 15) is 0 Å². The number of rotatable bonds is 6. The molecule has 0 aliphatic rings. The molecule has 0 aliphatic carbocycles. The molecule has 0 radical (unpaired) electrons. The van der Waals surface area contributed by atoms with Crippen molar-refractivity contribution in [2.45, 2.75) is 25.8 Å². The zero-order valence-corrected chi connectivity index (χ0v) is 9.90. The predicted octanol–water partition coefficient (Wildman–Crippen LogP) is 2.70. The number of ether oxygens (including phenoxy) is 1. The molecule has 0 saturated carbocycles. The first-order valence-corrected chi connectivity index (χ1v) is 5.99. The largest absolute Gasteiger partial charge is 0.380 e. The van der Waals surface area contributed by atoms with E-state index >= 15 is 0 Å². The molecule has 4 heteroatoms. The molecule has 1 heterocycles. The number of halogens is 1. The molecule has 2 N–H and O–H groups in total. The van der Waals surface area contributed by atoms with Crippen molar-refractivity contribution in [3.63, 3.8) is 0 Å². The van der Waals surface area contributed by atoms with Crippen LogP contribution in [0.2, 0.25) is 4.34 Å². The molecule has 14 heavy (non-hydrogen) atoms. The van der Waals surface area contributed by atoms with E-state index in [-0.39, 0.29) is 6.04 Å². The van der Waals surface area contributed by atoms with Gasteiger partial charge >= 0.3 is 0 Å². The fraction of sp³-hybridized carbons (Fsp3) is 0.600. The first-order valence-electron chi connectivity index (χ1n) is 4.80. The number of hydrogen-bond acceptors (Lipinski definition) is 3. The summed E-state index contributed by atoms with van der Waals surface area (Å²) in [6.45, 7) is 3.51. The van der Waals surface area contributed by atoms with Gasteiger partial charge in [-0.15, -0.1) is 11.3 Å². The topological polar surface area (TPSA) is 35.2 Å². The Hall–Kier alpha value is -0.0900. The maximum absolute atomic E-state index is 5.89. The van der Waals surface area contributed by atoms with E-state index in [0.29, 0.717) is 6.61 Å². The fourth-order valence-corrected chi connectivity index (χ4v) is 2.34.